The molecular formula is C20H15NO. The molecule has 4 aromatic rings. The lowest BCUT2D eigenvalue weighted by Gasteiger charge is -2.12. The number of benzene rings is 3. The molecule has 0 spiro atoms. The maximum atomic E-state index is 5.50. The Bertz CT molecular complexity index is 961. The van der Waals surface area contributed by atoms with Crippen molar-refractivity contribution in [1.82, 2.24) is 4.98 Å². The van der Waals surface area contributed by atoms with E-state index >= 15 is 0 Å². The molecule has 0 atom stereocenters. The van der Waals surface area contributed by atoms with Crippen molar-refractivity contribution in [1.29, 1.82) is 0 Å². The van der Waals surface area contributed by atoms with Crippen LogP contribution in [0.4, 0.5) is 0 Å². The van der Waals surface area contributed by atoms with E-state index in [1.165, 1.54) is 5.39 Å². The molecule has 0 saturated heterocycles. The number of fused-ring (bicyclic) bond motifs is 3. The maximum Gasteiger partial charge on any atom is 0.145 e. The number of nitrogens with zero attached hydrogens (tertiary/aromatic N) is 1. The Labute approximate surface area is 129 Å². The standard InChI is InChI=1S/C20H15NO/c1-22-18-13-7-12-17-15-10-5-6-11-16(15)19(21-20(17)18)14-8-3-2-4-9-14/h2-13H,1H3. The minimum atomic E-state index is 0.806. The fourth-order valence-electron chi connectivity index (χ4n) is 2.93. The van der Waals surface area contributed by atoms with Crippen LogP contribution in [0.2, 0.25) is 0 Å². The first-order valence-corrected chi connectivity index (χ1v) is 7.29. The predicted octanol–water partition coefficient (Wildman–Crippen LogP) is 5.06. The van der Waals surface area contributed by atoms with Crippen molar-refractivity contribution in [2.24, 2.45) is 0 Å². The third-order valence-corrected chi connectivity index (χ3v) is 3.96. The second-order valence-corrected chi connectivity index (χ2v) is 5.23. The smallest absolute Gasteiger partial charge is 0.145 e. The van der Waals surface area contributed by atoms with Gasteiger partial charge in [-0.05, 0) is 11.5 Å². The summed E-state index contributed by atoms with van der Waals surface area (Å²) in [5, 5.41) is 3.48. The monoisotopic (exact) mass is 285 g/mol. The van der Waals surface area contributed by atoms with E-state index in [0.29, 0.717) is 0 Å². The molecule has 1 heterocycles. The number of rotatable bonds is 2. The maximum absolute atomic E-state index is 5.50. The molecule has 0 bridgehead atoms. The van der Waals surface area contributed by atoms with Crippen molar-refractivity contribution >= 4 is 21.7 Å². The summed E-state index contributed by atoms with van der Waals surface area (Å²) in [6.45, 7) is 0. The van der Waals surface area contributed by atoms with E-state index in [2.05, 4.69) is 42.5 Å². The summed E-state index contributed by atoms with van der Waals surface area (Å²) in [6.07, 6.45) is 0. The van der Waals surface area contributed by atoms with Gasteiger partial charge in [-0.25, -0.2) is 4.98 Å². The van der Waals surface area contributed by atoms with E-state index in [4.69, 9.17) is 9.72 Å². The van der Waals surface area contributed by atoms with Crippen LogP contribution in [0.3, 0.4) is 0 Å². The lowest BCUT2D eigenvalue weighted by Crippen LogP contribution is -1.92. The van der Waals surface area contributed by atoms with Crippen molar-refractivity contribution in [2.75, 3.05) is 7.11 Å². The molecule has 0 N–H and O–H groups in total. The average molecular weight is 285 g/mol. The molecule has 0 radical (unpaired) electrons. The van der Waals surface area contributed by atoms with E-state index in [0.717, 1.165) is 33.3 Å². The number of para-hydroxylation sites is 1. The highest BCUT2D eigenvalue weighted by Gasteiger charge is 2.12. The first-order valence-electron chi connectivity index (χ1n) is 7.29. The highest BCUT2D eigenvalue weighted by Crippen LogP contribution is 2.35. The highest BCUT2D eigenvalue weighted by molar-refractivity contribution is 6.12. The van der Waals surface area contributed by atoms with Crippen LogP contribution < -0.4 is 4.74 Å². The van der Waals surface area contributed by atoms with Crippen LogP contribution >= 0.6 is 0 Å². The Morgan fingerprint density at radius 1 is 0.682 bits per heavy atom. The van der Waals surface area contributed by atoms with Gasteiger partial charge in [0.25, 0.3) is 0 Å². The van der Waals surface area contributed by atoms with Crippen LogP contribution in [0, 0.1) is 0 Å². The van der Waals surface area contributed by atoms with Crippen molar-refractivity contribution < 1.29 is 4.74 Å². The number of aromatic nitrogens is 1. The van der Waals surface area contributed by atoms with Crippen LogP contribution in [0.5, 0.6) is 5.75 Å². The molecular weight excluding hydrogens is 270 g/mol. The fourth-order valence-corrected chi connectivity index (χ4v) is 2.93. The molecule has 0 aliphatic heterocycles. The van der Waals surface area contributed by atoms with Crippen molar-refractivity contribution in [3.63, 3.8) is 0 Å². The average Bonchev–Trinajstić information content (AvgIpc) is 2.61. The van der Waals surface area contributed by atoms with Gasteiger partial charge in [-0.15, -0.1) is 0 Å². The number of hydrogen-bond donors (Lipinski definition) is 0. The quantitative estimate of drug-likeness (QED) is 0.480. The van der Waals surface area contributed by atoms with Crippen LogP contribution in [0.15, 0.2) is 72.8 Å². The van der Waals surface area contributed by atoms with Gasteiger partial charge in [-0.3, -0.25) is 0 Å². The summed E-state index contributed by atoms with van der Waals surface area (Å²) in [6, 6.07) is 24.8. The highest BCUT2D eigenvalue weighted by atomic mass is 16.5. The van der Waals surface area contributed by atoms with Crippen molar-refractivity contribution in [3.8, 4) is 17.0 Å². The molecule has 0 aliphatic carbocycles. The van der Waals surface area contributed by atoms with Gasteiger partial charge in [-0.1, -0.05) is 66.7 Å². The molecule has 0 fully saturated rings. The molecule has 22 heavy (non-hydrogen) atoms. The molecule has 0 aliphatic rings. The van der Waals surface area contributed by atoms with Gasteiger partial charge in [0, 0.05) is 16.3 Å². The van der Waals surface area contributed by atoms with Crippen molar-refractivity contribution in [3.05, 3.63) is 72.8 Å². The Hall–Kier alpha value is -2.87. The summed E-state index contributed by atoms with van der Waals surface area (Å²) in [7, 11) is 1.69. The molecule has 3 aromatic carbocycles. The van der Waals surface area contributed by atoms with Gasteiger partial charge in [-0.2, -0.15) is 0 Å². The fraction of sp³-hybridized carbons (Fsp3) is 0.0500. The molecule has 2 heteroatoms. The van der Waals surface area contributed by atoms with E-state index in [1.807, 2.05) is 30.3 Å². The number of pyridine rings is 1. The zero-order valence-electron chi connectivity index (χ0n) is 12.3. The summed E-state index contributed by atoms with van der Waals surface area (Å²) < 4.78 is 5.50. The lowest BCUT2D eigenvalue weighted by molar-refractivity contribution is 0.419. The Morgan fingerprint density at radius 2 is 1.36 bits per heavy atom. The molecule has 106 valence electrons. The van der Waals surface area contributed by atoms with Gasteiger partial charge in [0.1, 0.15) is 11.3 Å². The molecule has 0 amide bonds. The molecule has 2 nitrogen and oxygen atoms in total. The van der Waals surface area contributed by atoms with Crippen LogP contribution in [0.1, 0.15) is 0 Å². The third kappa shape index (κ3) is 1.92. The van der Waals surface area contributed by atoms with Gasteiger partial charge < -0.3 is 4.74 Å². The third-order valence-electron chi connectivity index (χ3n) is 3.96. The Kier molecular flexibility index (Phi) is 3.01. The number of methoxy groups -OCH3 is 1. The van der Waals surface area contributed by atoms with E-state index in [1.54, 1.807) is 7.11 Å². The minimum absolute atomic E-state index is 0.806. The normalized spacial score (nSPS) is 11.0. The molecule has 0 saturated carbocycles. The predicted molar refractivity (Wildman–Crippen MR) is 91.2 cm³/mol. The minimum Gasteiger partial charge on any atom is -0.494 e. The van der Waals surface area contributed by atoms with Gasteiger partial charge in [0.05, 0.1) is 12.8 Å². The molecule has 1 aromatic heterocycles. The van der Waals surface area contributed by atoms with Gasteiger partial charge in [0.2, 0.25) is 0 Å². The second kappa shape index (κ2) is 5.15. The van der Waals surface area contributed by atoms with Crippen molar-refractivity contribution in [2.45, 2.75) is 0 Å². The Balaban J connectivity index is 2.19. The summed E-state index contributed by atoms with van der Waals surface area (Å²) in [5.41, 5.74) is 3.02. The zero-order valence-corrected chi connectivity index (χ0v) is 12.3. The number of hydrogen-bond acceptors (Lipinski definition) is 2. The first-order chi connectivity index (χ1) is 10.9. The van der Waals surface area contributed by atoms with Crippen LogP contribution in [-0.2, 0) is 0 Å². The van der Waals surface area contributed by atoms with E-state index < -0.39 is 0 Å². The largest absolute Gasteiger partial charge is 0.494 e. The lowest BCUT2D eigenvalue weighted by atomic mass is 10.00. The first kappa shape index (κ1) is 12.8. The summed E-state index contributed by atoms with van der Waals surface area (Å²) >= 11 is 0. The summed E-state index contributed by atoms with van der Waals surface area (Å²) in [4.78, 5) is 4.92. The zero-order chi connectivity index (χ0) is 14.9. The molecule has 4 rings (SSSR count). The van der Waals surface area contributed by atoms with Gasteiger partial charge >= 0.3 is 0 Å². The summed E-state index contributed by atoms with van der Waals surface area (Å²) in [5.74, 6) is 0.806. The molecule has 0 unspecified atom stereocenters. The SMILES string of the molecule is COc1cccc2c1nc(-c1ccccc1)c1ccccc12. The number of ether oxygens (including phenoxy) is 1. The topological polar surface area (TPSA) is 22.1 Å². The second-order valence-electron chi connectivity index (χ2n) is 5.23. The Morgan fingerprint density at radius 3 is 2.14 bits per heavy atom. The van der Waals surface area contributed by atoms with E-state index in [-0.39, 0.29) is 0 Å². The van der Waals surface area contributed by atoms with Crippen LogP contribution in [-0.4, -0.2) is 12.1 Å². The van der Waals surface area contributed by atoms with Crippen LogP contribution in [0.25, 0.3) is 32.9 Å². The van der Waals surface area contributed by atoms with E-state index in [9.17, 15) is 0 Å². The van der Waals surface area contributed by atoms with Gasteiger partial charge in [0.15, 0.2) is 0 Å².